The Labute approximate surface area is 142 Å². The summed E-state index contributed by atoms with van der Waals surface area (Å²) in [6.45, 7) is 9.82. The second kappa shape index (κ2) is 6.25. The van der Waals surface area contributed by atoms with Crippen LogP contribution in [0.4, 0.5) is 0 Å². The SMILES string of the molecule is CC(C)(C)CC(C)(C)NS(=O)(=O)c1ccc(Cl)c(Cl)c1Cl. The molecule has 1 rings (SSSR count). The van der Waals surface area contributed by atoms with Crippen molar-refractivity contribution < 1.29 is 8.42 Å². The third kappa shape index (κ3) is 5.29. The molecule has 0 aliphatic heterocycles. The highest BCUT2D eigenvalue weighted by atomic mass is 35.5. The van der Waals surface area contributed by atoms with E-state index in [0.717, 1.165) is 0 Å². The zero-order chi connectivity index (χ0) is 16.6. The first-order valence-corrected chi connectivity index (χ1v) is 9.04. The molecule has 0 unspecified atom stereocenters. The molecule has 3 nitrogen and oxygen atoms in total. The van der Waals surface area contributed by atoms with Crippen molar-refractivity contribution in [2.45, 2.75) is 51.5 Å². The van der Waals surface area contributed by atoms with Crippen molar-refractivity contribution in [2.24, 2.45) is 5.41 Å². The Balaban J connectivity index is 3.16. The zero-order valence-corrected chi connectivity index (χ0v) is 15.8. The van der Waals surface area contributed by atoms with E-state index in [0.29, 0.717) is 6.42 Å². The molecule has 21 heavy (non-hydrogen) atoms. The summed E-state index contributed by atoms with van der Waals surface area (Å²) >= 11 is 17.7. The van der Waals surface area contributed by atoms with Crippen LogP contribution in [0.2, 0.25) is 15.1 Å². The van der Waals surface area contributed by atoms with Gasteiger partial charge in [-0.15, -0.1) is 0 Å². The van der Waals surface area contributed by atoms with Crippen LogP contribution in [-0.4, -0.2) is 14.0 Å². The maximum Gasteiger partial charge on any atom is 0.242 e. The van der Waals surface area contributed by atoms with Gasteiger partial charge in [0.25, 0.3) is 0 Å². The van der Waals surface area contributed by atoms with Gasteiger partial charge in [0.05, 0.1) is 15.1 Å². The molecular formula is C14H20Cl3NO2S. The molecule has 0 spiro atoms. The highest BCUT2D eigenvalue weighted by Crippen LogP contribution is 2.36. The van der Waals surface area contributed by atoms with E-state index in [4.69, 9.17) is 34.8 Å². The highest BCUT2D eigenvalue weighted by Gasteiger charge is 2.32. The van der Waals surface area contributed by atoms with Gasteiger partial charge in [0, 0.05) is 5.54 Å². The molecule has 0 aliphatic carbocycles. The van der Waals surface area contributed by atoms with Crippen LogP contribution in [0.15, 0.2) is 17.0 Å². The van der Waals surface area contributed by atoms with Crippen LogP contribution in [0.5, 0.6) is 0 Å². The van der Waals surface area contributed by atoms with Gasteiger partial charge in [0.15, 0.2) is 0 Å². The average Bonchev–Trinajstić information content (AvgIpc) is 2.20. The van der Waals surface area contributed by atoms with Crippen LogP contribution >= 0.6 is 34.8 Å². The summed E-state index contributed by atoms with van der Waals surface area (Å²) in [6, 6.07) is 2.77. The zero-order valence-electron chi connectivity index (χ0n) is 12.7. The Hall–Kier alpha value is -0.000000000000000167. The lowest BCUT2D eigenvalue weighted by Crippen LogP contribution is -2.45. The van der Waals surface area contributed by atoms with Crippen LogP contribution in [-0.2, 0) is 10.0 Å². The molecule has 0 saturated heterocycles. The number of sulfonamides is 1. The number of benzene rings is 1. The number of nitrogens with one attached hydrogen (secondary N) is 1. The van der Waals surface area contributed by atoms with E-state index in [9.17, 15) is 8.42 Å². The summed E-state index contributed by atoms with van der Waals surface area (Å²) in [5.74, 6) is 0. The van der Waals surface area contributed by atoms with Crippen molar-refractivity contribution in [1.29, 1.82) is 0 Å². The van der Waals surface area contributed by atoms with Crippen molar-refractivity contribution in [3.05, 3.63) is 27.2 Å². The van der Waals surface area contributed by atoms with E-state index in [2.05, 4.69) is 25.5 Å². The Morgan fingerprint density at radius 1 is 1.00 bits per heavy atom. The average molecular weight is 373 g/mol. The minimum atomic E-state index is -3.79. The molecule has 0 fully saturated rings. The first-order valence-electron chi connectivity index (χ1n) is 6.43. The maximum atomic E-state index is 12.5. The van der Waals surface area contributed by atoms with E-state index in [1.807, 2.05) is 13.8 Å². The first-order chi connectivity index (χ1) is 9.25. The Morgan fingerprint density at radius 2 is 1.52 bits per heavy atom. The molecule has 0 aromatic heterocycles. The summed E-state index contributed by atoms with van der Waals surface area (Å²) in [7, 11) is -3.79. The van der Waals surface area contributed by atoms with Gasteiger partial charge in [-0.05, 0) is 37.8 Å². The second-order valence-electron chi connectivity index (χ2n) is 6.90. The standard InChI is InChI=1S/C14H20Cl3NO2S/c1-13(2,3)8-14(4,5)18-21(19,20)10-7-6-9(15)11(16)12(10)17/h6-7,18H,8H2,1-5H3. The van der Waals surface area contributed by atoms with Gasteiger partial charge in [0.1, 0.15) is 4.90 Å². The monoisotopic (exact) mass is 371 g/mol. The molecule has 0 saturated carbocycles. The summed E-state index contributed by atoms with van der Waals surface area (Å²) in [5.41, 5.74) is -0.639. The Morgan fingerprint density at radius 3 is 2.00 bits per heavy atom. The van der Waals surface area contributed by atoms with Crippen LogP contribution < -0.4 is 4.72 Å². The second-order valence-corrected chi connectivity index (χ2v) is 9.71. The molecule has 0 heterocycles. The van der Waals surface area contributed by atoms with Gasteiger partial charge in [-0.3, -0.25) is 0 Å². The molecule has 0 atom stereocenters. The van der Waals surface area contributed by atoms with Crippen LogP contribution in [0, 0.1) is 5.41 Å². The van der Waals surface area contributed by atoms with E-state index in [1.165, 1.54) is 12.1 Å². The Bertz CT molecular complexity index is 634. The fourth-order valence-electron chi connectivity index (χ4n) is 2.50. The molecule has 120 valence electrons. The van der Waals surface area contributed by atoms with Crippen LogP contribution in [0.25, 0.3) is 0 Å². The number of rotatable bonds is 4. The summed E-state index contributed by atoms with van der Waals surface area (Å²) in [6.07, 6.45) is 0.665. The van der Waals surface area contributed by atoms with Gasteiger partial charge in [-0.1, -0.05) is 55.6 Å². The first kappa shape index (κ1) is 19.0. The van der Waals surface area contributed by atoms with Crippen molar-refractivity contribution in [3.63, 3.8) is 0 Å². The summed E-state index contributed by atoms with van der Waals surface area (Å²) < 4.78 is 27.7. The number of halogens is 3. The number of hydrogen-bond acceptors (Lipinski definition) is 2. The quantitative estimate of drug-likeness (QED) is 0.744. The van der Waals surface area contributed by atoms with E-state index in [-0.39, 0.29) is 25.4 Å². The molecule has 0 bridgehead atoms. The maximum absolute atomic E-state index is 12.5. The lowest BCUT2D eigenvalue weighted by Gasteiger charge is -2.33. The largest absolute Gasteiger partial charge is 0.242 e. The molecule has 0 radical (unpaired) electrons. The van der Waals surface area contributed by atoms with Gasteiger partial charge in [-0.2, -0.15) is 0 Å². The molecule has 0 aliphatic rings. The molecule has 1 N–H and O–H groups in total. The Kier molecular flexibility index (Phi) is 5.67. The molecule has 1 aromatic carbocycles. The van der Waals surface area contributed by atoms with E-state index < -0.39 is 15.6 Å². The predicted molar refractivity (Wildman–Crippen MR) is 89.9 cm³/mol. The lowest BCUT2D eigenvalue weighted by atomic mass is 9.82. The van der Waals surface area contributed by atoms with Crippen molar-refractivity contribution >= 4 is 44.8 Å². The van der Waals surface area contributed by atoms with Gasteiger partial charge in [-0.25, -0.2) is 13.1 Å². The minimum absolute atomic E-state index is 0.0204. The van der Waals surface area contributed by atoms with Gasteiger partial charge < -0.3 is 0 Å². The number of hydrogen-bond donors (Lipinski definition) is 1. The minimum Gasteiger partial charge on any atom is -0.207 e. The third-order valence-corrected chi connectivity index (χ3v) is 5.82. The highest BCUT2D eigenvalue weighted by molar-refractivity contribution is 7.89. The molecular weight excluding hydrogens is 353 g/mol. The van der Waals surface area contributed by atoms with E-state index in [1.54, 1.807) is 0 Å². The normalized spacial score (nSPS) is 13.5. The van der Waals surface area contributed by atoms with Crippen LogP contribution in [0.3, 0.4) is 0 Å². The summed E-state index contributed by atoms with van der Waals surface area (Å²) in [4.78, 5) is -0.0689. The van der Waals surface area contributed by atoms with Crippen molar-refractivity contribution in [2.75, 3.05) is 0 Å². The predicted octanol–water partition coefficient (Wildman–Crippen LogP) is 5.14. The fourth-order valence-corrected chi connectivity index (χ4v) is 4.89. The summed E-state index contributed by atoms with van der Waals surface area (Å²) in [5, 5.41) is 0.188. The molecule has 1 aromatic rings. The third-order valence-electron chi connectivity index (χ3n) is 2.67. The van der Waals surface area contributed by atoms with E-state index >= 15 is 0 Å². The molecule has 7 heteroatoms. The lowest BCUT2D eigenvalue weighted by molar-refractivity contribution is 0.269. The van der Waals surface area contributed by atoms with Gasteiger partial charge in [0.2, 0.25) is 10.0 Å². The van der Waals surface area contributed by atoms with Gasteiger partial charge >= 0.3 is 0 Å². The topological polar surface area (TPSA) is 46.2 Å². The van der Waals surface area contributed by atoms with Crippen molar-refractivity contribution in [3.8, 4) is 0 Å². The van der Waals surface area contributed by atoms with Crippen LogP contribution in [0.1, 0.15) is 41.0 Å². The fraction of sp³-hybridized carbons (Fsp3) is 0.571. The smallest absolute Gasteiger partial charge is 0.207 e. The molecule has 0 amide bonds. The van der Waals surface area contributed by atoms with Crippen molar-refractivity contribution in [1.82, 2.24) is 4.72 Å².